The first kappa shape index (κ1) is 25.7. The van der Waals surface area contributed by atoms with Gasteiger partial charge in [0.1, 0.15) is 0 Å². The molecular weight excluding hydrogens is 414 g/mol. The summed E-state index contributed by atoms with van der Waals surface area (Å²) in [6.07, 6.45) is 7.96. The van der Waals surface area contributed by atoms with Gasteiger partial charge in [0.15, 0.2) is 0 Å². The quantitative estimate of drug-likeness (QED) is 0.349. The monoisotopic (exact) mass is 457 g/mol. The zero-order chi connectivity index (χ0) is 24.5. The van der Waals surface area contributed by atoms with Crippen LogP contribution >= 0.6 is 0 Å². The molecule has 3 rings (SSSR count). The highest BCUT2D eigenvalue weighted by Gasteiger charge is 2.15. The van der Waals surface area contributed by atoms with E-state index in [4.69, 9.17) is 0 Å². The molecule has 3 heteroatoms. The molecule has 0 unspecified atom stereocenters. The Morgan fingerprint density at radius 1 is 0.559 bits per heavy atom. The zero-order valence-corrected chi connectivity index (χ0v) is 22.1. The zero-order valence-electron chi connectivity index (χ0n) is 22.1. The molecule has 0 saturated carbocycles. The number of hydrogen-bond acceptors (Lipinski definition) is 3. The average molecular weight is 458 g/mol. The number of hydrogen-bond donors (Lipinski definition) is 0. The lowest BCUT2D eigenvalue weighted by molar-refractivity contribution is 0.392. The van der Waals surface area contributed by atoms with Crippen molar-refractivity contribution >= 4 is 16.9 Å². The Hall–Kier alpha value is -2.94. The molecule has 0 saturated heterocycles. The van der Waals surface area contributed by atoms with Crippen molar-refractivity contribution < 1.29 is 0 Å². The van der Waals surface area contributed by atoms with E-state index >= 15 is 0 Å². The summed E-state index contributed by atoms with van der Waals surface area (Å²) in [4.78, 5) is 7.22. The maximum Gasteiger partial charge on any atom is 0.0366 e. The highest BCUT2D eigenvalue weighted by molar-refractivity contribution is 5.85. The lowest BCUT2D eigenvalue weighted by atomic mass is 9.89. The highest BCUT2D eigenvalue weighted by Crippen LogP contribution is 2.34. The highest BCUT2D eigenvalue weighted by atomic mass is 15.1. The first-order valence-corrected chi connectivity index (χ1v) is 13.2. The maximum absolute atomic E-state index is 2.42. The van der Waals surface area contributed by atoms with Crippen LogP contribution in [-0.4, -0.2) is 44.2 Å². The van der Waals surface area contributed by atoms with Crippen LogP contribution in [0.25, 0.3) is 5.57 Å². The van der Waals surface area contributed by atoms with E-state index in [1.165, 1.54) is 39.3 Å². The summed E-state index contributed by atoms with van der Waals surface area (Å²) in [7, 11) is 0. The van der Waals surface area contributed by atoms with Gasteiger partial charge in [-0.25, -0.2) is 0 Å². The molecule has 2 aromatic carbocycles. The van der Waals surface area contributed by atoms with Crippen molar-refractivity contribution in [3.8, 4) is 0 Å². The topological polar surface area (TPSA) is 9.72 Å². The smallest absolute Gasteiger partial charge is 0.0366 e. The molecule has 0 radical (unpaired) electrons. The number of anilines is 2. The Morgan fingerprint density at radius 2 is 0.971 bits per heavy atom. The van der Waals surface area contributed by atoms with Crippen molar-refractivity contribution in [1.29, 1.82) is 0 Å². The van der Waals surface area contributed by atoms with E-state index in [2.05, 4.69) is 123 Å². The predicted molar refractivity (Wildman–Crippen MR) is 151 cm³/mol. The van der Waals surface area contributed by atoms with E-state index in [1.54, 1.807) is 0 Å². The van der Waals surface area contributed by atoms with Crippen molar-refractivity contribution in [1.82, 2.24) is 4.90 Å². The third-order valence-corrected chi connectivity index (χ3v) is 7.01. The van der Waals surface area contributed by atoms with Crippen molar-refractivity contribution in [3.63, 3.8) is 0 Å². The molecule has 0 atom stereocenters. The third-order valence-electron chi connectivity index (χ3n) is 7.01. The maximum atomic E-state index is 2.42. The van der Waals surface area contributed by atoms with Gasteiger partial charge in [0.05, 0.1) is 0 Å². The summed E-state index contributed by atoms with van der Waals surface area (Å²) < 4.78 is 0. The van der Waals surface area contributed by atoms with Crippen LogP contribution in [-0.2, 0) is 0 Å². The molecule has 0 spiro atoms. The Bertz CT molecular complexity index is 926. The third kappa shape index (κ3) is 5.75. The predicted octanol–water partition coefficient (Wildman–Crippen LogP) is 7.37. The molecule has 2 aromatic rings. The summed E-state index contributed by atoms with van der Waals surface area (Å²) >= 11 is 0. The molecular formula is C31H43N3. The molecule has 0 N–H and O–H groups in total. The lowest BCUT2D eigenvalue weighted by Gasteiger charge is -2.26. The Morgan fingerprint density at radius 3 is 1.29 bits per heavy atom. The number of nitrogens with zero attached hydrogens (tertiary/aromatic N) is 3. The fourth-order valence-corrected chi connectivity index (χ4v) is 4.94. The minimum Gasteiger partial charge on any atom is -0.372 e. The van der Waals surface area contributed by atoms with Crippen molar-refractivity contribution in [3.05, 3.63) is 89.2 Å². The van der Waals surface area contributed by atoms with Crippen LogP contribution in [0.15, 0.2) is 78.0 Å². The average Bonchev–Trinajstić information content (AvgIpc) is 2.89. The Balaban J connectivity index is 2.03. The second-order valence-corrected chi connectivity index (χ2v) is 8.68. The van der Waals surface area contributed by atoms with Gasteiger partial charge in [-0.1, -0.05) is 36.4 Å². The standard InChI is InChI=1S/C31H43N3/c1-7-32(8-2)28-19-13-25(14-20-28)31(26-15-21-29(22-16-26)33(9-3)10-4)27-17-23-30(24-18-27)34(11-5)12-6/h13-17,19-24H,7-12,18H2,1-6H3. The number of likely N-dealkylation sites (N-methyl/N-ethyl adjacent to an activating group) is 1. The molecule has 0 amide bonds. The second kappa shape index (κ2) is 12.5. The molecule has 0 aromatic heterocycles. The summed E-state index contributed by atoms with van der Waals surface area (Å²) in [6.45, 7) is 19.5. The van der Waals surface area contributed by atoms with Crippen LogP contribution in [0.3, 0.4) is 0 Å². The SMILES string of the molecule is CCN(CC)C1=CCC(=C(c2ccc(N(CC)CC)cc2)c2ccc(N(CC)CC)cc2)C=C1. The minimum atomic E-state index is 0.952. The van der Waals surface area contributed by atoms with Gasteiger partial charge < -0.3 is 14.7 Å². The van der Waals surface area contributed by atoms with Crippen molar-refractivity contribution in [2.75, 3.05) is 49.1 Å². The molecule has 1 aliphatic carbocycles. The van der Waals surface area contributed by atoms with Crippen LogP contribution in [0, 0.1) is 0 Å². The normalized spacial score (nSPS) is 13.0. The van der Waals surface area contributed by atoms with Gasteiger partial charge in [-0.2, -0.15) is 0 Å². The molecule has 0 aliphatic heterocycles. The summed E-state index contributed by atoms with van der Waals surface area (Å²) in [5, 5.41) is 0. The van der Waals surface area contributed by atoms with Gasteiger partial charge in [-0.15, -0.1) is 0 Å². The molecule has 0 heterocycles. The fourth-order valence-electron chi connectivity index (χ4n) is 4.94. The molecule has 1 aliphatic rings. The van der Waals surface area contributed by atoms with E-state index in [0.29, 0.717) is 0 Å². The Kier molecular flexibility index (Phi) is 9.44. The number of allylic oxidation sites excluding steroid dienone is 4. The van der Waals surface area contributed by atoms with Crippen LogP contribution in [0.5, 0.6) is 0 Å². The fraction of sp³-hybridized carbons (Fsp3) is 0.419. The van der Waals surface area contributed by atoms with Crippen molar-refractivity contribution in [2.24, 2.45) is 0 Å². The van der Waals surface area contributed by atoms with Gasteiger partial charge in [0.2, 0.25) is 0 Å². The van der Waals surface area contributed by atoms with Crippen molar-refractivity contribution in [2.45, 2.75) is 48.0 Å². The molecule has 34 heavy (non-hydrogen) atoms. The van der Waals surface area contributed by atoms with Crippen LogP contribution in [0.1, 0.15) is 59.1 Å². The van der Waals surface area contributed by atoms with Gasteiger partial charge >= 0.3 is 0 Å². The Labute approximate surface area is 208 Å². The molecule has 0 fully saturated rings. The van der Waals surface area contributed by atoms with Gasteiger partial charge in [-0.3, -0.25) is 0 Å². The first-order chi connectivity index (χ1) is 16.6. The van der Waals surface area contributed by atoms with Gasteiger partial charge in [0, 0.05) is 56.3 Å². The van der Waals surface area contributed by atoms with Crippen LogP contribution < -0.4 is 9.80 Å². The first-order valence-electron chi connectivity index (χ1n) is 13.2. The molecule has 0 bridgehead atoms. The lowest BCUT2D eigenvalue weighted by Crippen LogP contribution is -2.22. The van der Waals surface area contributed by atoms with E-state index in [1.807, 2.05) is 0 Å². The van der Waals surface area contributed by atoms with Gasteiger partial charge in [0.25, 0.3) is 0 Å². The van der Waals surface area contributed by atoms with Crippen LogP contribution in [0.2, 0.25) is 0 Å². The largest absolute Gasteiger partial charge is 0.372 e. The van der Waals surface area contributed by atoms with Crippen LogP contribution in [0.4, 0.5) is 11.4 Å². The van der Waals surface area contributed by atoms with E-state index in [-0.39, 0.29) is 0 Å². The van der Waals surface area contributed by atoms with E-state index in [9.17, 15) is 0 Å². The second-order valence-electron chi connectivity index (χ2n) is 8.68. The summed E-state index contributed by atoms with van der Waals surface area (Å²) in [5.74, 6) is 0. The minimum absolute atomic E-state index is 0.952. The van der Waals surface area contributed by atoms with E-state index < -0.39 is 0 Å². The molecule has 3 nitrogen and oxygen atoms in total. The summed E-state index contributed by atoms with van der Waals surface area (Å²) in [6, 6.07) is 18.3. The molecule has 182 valence electrons. The number of rotatable bonds is 11. The number of benzene rings is 2. The van der Waals surface area contributed by atoms with Gasteiger partial charge in [-0.05, 0) is 101 Å². The summed E-state index contributed by atoms with van der Waals surface area (Å²) in [5.41, 5.74) is 9.19. The van der Waals surface area contributed by atoms with E-state index in [0.717, 1.165) is 45.7 Å².